The summed E-state index contributed by atoms with van der Waals surface area (Å²) in [5, 5.41) is 28.7. The molecule has 326 valence electrons. The van der Waals surface area contributed by atoms with Crippen molar-refractivity contribution < 1.29 is 8.83 Å². The van der Waals surface area contributed by atoms with E-state index >= 15 is 0 Å². The summed E-state index contributed by atoms with van der Waals surface area (Å²) in [5.41, 5.74) is 13.8. The molecule has 0 unspecified atom stereocenters. The molecule has 0 fully saturated rings. The van der Waals surface area contributed by atoms with Crippen LogP contribution in [0, 0.1) is 22.7 Å². The average Bonchev–Trinajstić information content (AvgIpc) is 4.01. The Labute approximate surface area is 402 Å². The number of nitrogens with zero attached hydrogens (tertiary/aromatic N) is 4. The molecule has 0 atom stereocenters. The first-order chi connectivity index (χ1) is 34.6. The van der Waals surface area contributed by atoms with Crippen molar-refractivity contribution in [3.8, 4) is 34.4 Å². The van der Waals surface area contributed by atoms with Crippen LogP contribution in [-0.2, 0) is 0 Å². The SMILES string of the molecule is N#Cc1cccc(N(c2ccc3c(-c4ccccc4)c4cc(N(c5cccc(C#N)c5)c5cccc6c5oc5ccccc56)ccc4c(-c4ccccc4)c3c2)c2cccc3c2oc2ccccc23)c1. The Bertz CT molecular complexity index is 4010. The lowest BCUT2D eigenvalue weighted by molar-refractivity contribution is 0.668. The summed E-state index contributed by atoms with van der Waals surface area (Å²) >= 11 is 0. The monoisotopic (exact) mass is 894 g/mol. The van der Waals surface area contributed by atoms with E-state index in [2.05, 4.69) is 168 Å². The molecule has 0 saturated carbocycles. The van der Waals surface area contributed by atoms with Gasteiger partial charge >= 0.3 is 0 Å². The summed E-state index contributed by atoms with van der Waals surface area (Å²) < 4.78 is 13.4. The normalized spacial score (nSPS) is 11.4. The smallest absolute Gasteiger partial charge is 0.159 e. The molecule has 0 aliphatic carbocycles. The molecule has 11 aromatic carbocycles. The summed E-state index contributed by atoms with van der Waals surface area (Å²) in [7, 11) is 0. The van der Waals surface area contributed by atoms with Crippen molar-refractivity contribution >= 4 is 99.5 Å². The predicted molar refractivity (Wildman–Crippen MR) is 286 cm³/mol. The maximum atomic E-state index is 10.2. The Kier molecular flexibility index (Phi) is 9.50. The van der Waals surface area contributed by atoms with Gasteiger partial charge in [-0.15, -0.1) is 0 Å². The molecular formula is C64H38N4O2. The third-order valence-electron chi connectivity index (χ3n) is 13.4. The molecule has 0 bridgehead atoms. The Balaban J connectivity index is 1.11. The highest BCUT2D eigenvalue weighted by atomic mass is 16.3. The van der Waals surface area contributed by atoms with Gasteiger partial charge in [-0.2, -0.15) is 10.5 Å². The molecular weight excluding hydrogens is 857 g/mol. The zero-order chi connectivity index (χ0) is 46.7. The molecule has 0 saturated heterocycles. The molecule has 0 aliphatic heterocycles. The maximum absolute atomic E-state index is 10.2. The molecule has 6 nitrogen and oxygen atoms in total. The fourth-order valence-corrected chi connectivity index (χ4v) is 10.4. The van der Waals surface area contributed by atoms with Crippen molar-refractivity contribution in [3.05, 3.63) is 242 Å². The molecule has 2 aromatic heterocycles. The molecule has 6 heteroatoms. The molecule has 70 heavy (non-hydrogen) atoms. The highest BCUT2D eigenvalue weighted by molar-refractivity contribution is 6.23. The number of para-hydroxylation sites is 4. The molecule has 0 amide bonds. The van der Waals surface area contributed by atoms with Crippen LogP contribution in [0.5, 0.6) is 0 Å². The first kappa shape index (κ1) is 40.4. The molecule has 0 spiro atoms. The van der Waals surface area contributed by atoms with Gasteiger partial charge in [0.05, 0.1) is 34.6 Å². The Morgan fingerprint density at radius 2 is 0.686 bits per heavy atom. The van der Waals surface area contributed by atoms with Crippen LogP contribution in [0.2, 0.25) is 0 Å². The van der Waals surface area contributed by atoms with Crippen LogP contribution in [0.1, 0.15) is 11.1 Å². The van der Waals surface area contributed by atoms with Crippen LogP contribution in [0.15, 0.2) is 239 Å². The van der Waals surface area contributed by atoms with E-state index in [-0.39, 0.29) is 0 Å². The fourth-order valence-electron chi connectivity index (χ4n) is 10.4. The lowest BCUT2D eigenvalue weighted by Crippen LogP contribution is -2.11. The number of rotatable bonds is 8. The van der Waals surface area contributed by atoms with Crippen LogP contribution in [-0.4, -0.2) is 0 Å². The zero-order valence-electron chi connectivity index (χ0n) is 37.5. The van der Waals surface area contributed by atoms with E-state index in [9.17, 15) is 10.5 Å². The van der Waals surface area contributed by atoms with Crippen LogP contribution < -0.4 is 9.80 Å². The van der Waals surface area contributed by atoms with Gasteiger partial charge in [0.25, 0.3) is 0 Å². The summed E-state index contributed by atoms with van der Waals surface area (Å²) in [5.74, 6) is 0. The first-order valence-electron chi connectivity index (χ1n) is 23.2. The van der Waals surface area contributed by atoms with Crippen molar-refractivity contribution in [3.63, 3.8) is 0 Å². The number of furan rings is 2. The number of nitriles is 2. The highest BCUT2D eigenvalue weighted by Crippen LogP contribution is 2.50. The van der Waals surface area contributed by atoms with Crippen molar-refractivity contribution in [2.75, 3.05) is 9.80 Å². The van der Waals surface area contributed by atoms with E-state index in [4.69, 9.17) is 8.83 Å². The quantitative estimate of drug-likeness (QED) is 0.141. The zero-order valence-corrected chi connectivity index (χ0v) is 37.5. The van der Waals surface area contributed by atoms with Gasteiger partial charge in [-0.05, 0) is 129 Å². The topological polar surface area (TPSA) is 80.3 Å². The molecule has 13 aromatic rings. The number of hydrogen-bond donors (Lipinski definition) is 0. The van der Waals surface area contributed by atoms with Gasteiger partial charge in [0.1, 0.15) is 11.2 Å². The van der Waals surface area contributed by atoms with Crippen LogP contribution in [0.3, 0.4) is 0 Å². The van der Waals surface area contributed by atoms with E-state index in [0.717, 1.165) is 122 Å². The lowest BCUT2D eigenvalue weighted by atomic mass is 9.85. The summed E-state index contributed by atoms with van der Waals surface area (Å²) in [6, 6.07) is 83.7. The van der Waals surface area contributed by atoms with E-state index in [1.165, 1.54) is 0 Å². The number of anilines is 6. The first-order valence-corrected chi connectivity index (χ1v) is 23.2. The van der Waals surface area contributed by atoms with Gasteiger partial charge < -0.3 is 18.6 Å². The minimum atomic E-state index is 0.558. The molecule has 13 rings (SSSR count). The Morgan fingerprint density at radius 1 is 0.300 bits per heavy atom. The van der Waals surface area contributed by atoms with Gasteiger partial charge in [-0.3, -0.25) is 0 Å². The largest absolute Gasteiger partial charge is 0.454 e. The maximum Gasteiger partial charge on any atom is 0.159 e. The fraction of sp³-hybridized carbons (Fsp3) is 0. The summed E-state index contributed by atoms with van der Waals surface area (Å²) in [6.07, 6.45) is 0. The van der Waals surface area contributed by atoms with E-state index in [0.29, 0.717) is 11.1 Å². The van der Waals surface area contributed by atoms with Crippen LogP contribution >= 0.6 is 0 Å². The second kappa shape index (κ2) is 16.5. The molecule has 0 N–H and O–H groups in total. The van der Waals surface area contributed by atoms with Gasteiger partial charge in [-0.25, -0.2) is 0 Å². The van der Waals surface area contributed by atoms with Crippen molar-refractivity contribution in [2.24, 2.45) is 0 Å². The third kappa shape index (κ3) is 6.55. The highest BCUT2D eigenvalue weighted by Gasteiger charge is 2.25. The minimum absolute atomic E-state index is 0.558. The van der Waals surface area contributed by atoms with Crippen LogP contribution in [0.25, 0.3) is 87.7 Å². The van der Waals surface area contributed by atoms with Gasteiger partial charge in [0, 0.05) is 44.3 Å². The van der Waals surface area contributed by atoms with Gasteiger partial charge in [0.15, 0.2) is 11.2 Å². The molecule has 2 heterocycles. The lowest BCUT2D eigenvalue weighted by Gasteiger charge is -2.28. The average molecular weight is 895 g/mol. The van der Waals surface area contributed by atoms with Gasteiger partial charge in [-0.1, -0.05) is 146 Å². The van der Waals surface area contributed by atoms with Gasteiger partial charge in [0.2, 0.25) is 0 Å². The summed E-state index contributed by atoms with van der Waals surface area (Å²) in [6.45, 7) is 0. The molecule has 0 aliphatic rings. The van der Waals surface area contributed by atoms with Crippen molar-refractivity contribution in [1.82, 2.24) is 0 Å². The standard InChI is InChI=1S/C64H38N4O2/c65-39-41-15-11-21-45(35-41)67(57-27-13-25-53-49-23-7-9-29-59(49)69-63(53)57)47-32-34-52-55(37-47)61(43-17-3-1-4-18-43)51-33-31-48(38-56(51)62(52)44-19-5-2-6-20-44)68(46-22-12-16-42(36-46)40-66)58-28-14-26-54-50-24-8-10-30-60(50)70-64(54)58/h1-38H. The third-order valence-corrected chi connectivity index (χ3v) is 13.4. The second-order valence-electron chi connectivity index (χ2n) is 17.4. The van der Waals surface area contributed by atoms with Crippen molar-refractivity contribution in [1.29, 1.82) is 10.5 Å². The van der Waals surface area contributed by atoms with Crippen LogP contribution in [0.4, 0.5) is 34.1 Å². The second-order valence-corrected chi connectivity index (χ2v) is 17.4. The number of fused-ring (bicyclic) bond motifs is 8. The number of hydrogen-bond acceptors (Lipinski definition) is 6. The minimum Gasteiger partial charge on any atom is -0.454 e. The Morgan fingerprint density at radius 3 is 1.13 bits per heavy atom. The summed E-state index contributed by atoms with van der Waals surface area (Å²) in [4.78, 5) is 4.42. The van der Waals surface area contributed by atoms with E-state index in [1.54, 1.807) is 0 Å². The van der Waals surface area contributed by atoms with E-state index in [1.807, 2.05) is 84.9 Å². The Hall–Kier alpha value is -9.88. The van der Waals surface area contributed by atoms with E-state index < -0.39 is 0 Å². The van der Waals surface area contributed by atoms with Crippen molar-refractivity contribution in [2.45, 2.75) is 0 Å². The molecule has 0 radical (unpaired) electrons. The number of benzene rings is 11. The predicted octanol–water partition coefficient (Wildman–Crippen LogP) is 17.8.